The number of benzene rings is 4. The summed E-state index contributed by atoms with van der Waals surface area (Å²) >= 11 is 0. The van der Waals surface area contributed by atoms with Gasteiger partial charge in [0, 0.05) is 0 Å². The molecule has 4 aromatic carbocycles. The smallest absolute Gasteiger partial charge is 0.447 e. The normalized spacial score (nSPS) is 11.2. The summed E-state index contributed by atoms with van der Waals surface area (Å²) in [6.07, 6.45) is 0. The Balaban J connectivity index is 2.05. The van der Waals surface area contributed by atoms with Gasteiger partial charge in [-0.05, 0) is 44.1 Å². The van der Waals surface area contributed by atoms with Crippen LogP contribution in [0.4, 0.5) is 0 Å². The molecule has 7 nitrogen and oxygen atoms in total. The Morgan fingerprint density at radius 1 is 0.378 bits per heavy atom. The number of rotatable bonds is 8. The second-order valence-electron chi connectivity index (χ2n) is 9.04. The Labute approximate surface area is 216 Å². The van der Waals surface area contributed by atoms with E-state index >= 15 is 0 Å². The van der Waals surface area contributed by atoms with Gasteiger partial charge in [0.15, 0.2) is 0 Å². The number of hydrogen-bond acceptors (Lipinski definition) is 7. The summed E-state index contributed by atoms with van der Waals surface area (Å²) in [5.41, 5.74) is 3.86. The first-order valence-corrected chi connectivity index (χ1v) is 11.8. The highest BCUT2D eigenvalue weighted by Gasteiger charge is 2.39. The lowest BCUT2D eigenvalue weighted by atomic mass is 9.61. The predicted molar refractivity (Wildman–Crippen MR) is 148 cm³/mol. The maximum absolute atomic E-state index is 10.1. The van der Waals surface area contributed by atoms with Crippen LogP contribution in [0.25, 0.3) is 0 Å². The van der Waals surface area contributed by atoms with Crippen molar-refractivity contribution in [3.63, 3.8) is 0 Å². The molecule has 7 N–H and O–H groups in total. The van der Waals surface area contributed by atoms with Gasteiger partial charge in [-0.25, -0.2) is 0 Å². The van der Waals surface area contributed by atoms with Gasteiger partial charge >= 0.3 is 28.3 Å². The molecule has 37 heavy (non-hydrogen) atoms. The van der Waals surface area contributed by atoms with Crippen LogP contribution in [0.3, 0.4) is 0 Å². The van der Waals surface area contributed by atoms with Crippen molar-refractivity contribution in [3.8, 4) is 0 Å². The van der Waals surface area contributed by atoms with Gasteiger partial charge in [-0.2, -0.15) is 0 Å². The van der Waals surface area contributed by atoms with E-state index in [9.17, 15) is 35.2 Å². The van der Waals surface area contributed by atoms with Crippen LogP contribution in [0.5, 0.6) is 0 Å². The highest BCUT2D eigenvalue weighted by atomic mass is 16.4. The molecule has 0 radical (unpaired) electrons. The third kappa shape index (κ3) is 5.30. The van der Waals surface area contributed by atoms with Crippen LogP contribution in [0.15, 0.2) is 97.1 Å². The fourth-order valence-corrected chi connectivity index (χ4v) is 4.73. The lowest BCUT2D eigenvalue weighted by Gasteiger charge is -2.37. The van der Waals surface area contributed by atoms with Gasteiger partial charge in [-0.15, -0.1) is 0 Å². The molecule has 0 saturated carbocycles. The Bertz CT molecular complexity index is 1100. The molecule has 0 aliphatic heterocycles. The third-order valence-corrected chi connectivity index (χ3v) is 6.75. The Morgan fingerprint density at radius 3 is 0.784 bits per heavy atom. The van der Waals surface area contributed by atoms with E-state index in [0.717, 1.165) is 27.7 Å². The summed E-state index contributed by atoms with van der Waals surface area (Å²) in [4.78, 5) is 0. The van der Waals surface area contributed by atoms with E-state index < -0.39 is 33.7 Å². The molecule has 0 fully saturated rings. The minimum Gasteiger partial charge on any atom is -0.447 e. The third-order valence-electron chi connectivity index (χ3n) is 6.75. The second kappa shape index (κ2) is 11.1. The summed E-state index contributed by atoms with van der Waals surface area (Å²) in [5, 5.41) is 68.0. The fraction of sp³-hybridized carbons (Fsp3) is 0.0769. The molecule has 11 heteroatoms. The van der Waals surface area contributed by atoms with Gasteiger partial charge in [0.25, 0.3) is 0 Å². The zero-order valence-corrected chi connectivity index (χ0v) is 20.2. The van der Waals surface area contributed by atoms with E-state index in [4.69, 9.17) is 0 Å². The number of hydrogen-bond donors (Lipinski definition) is 7. The van der Waals surface area contributed by atoms with Crippen molar-refractivity contribution in [2.45, 2.75) is 12.2 Å². The highest BCUT2D eigenvalue weighted by molar-refractivity contribution is 6.64. The molecule has 0 aliphatic rings. The van der Waals surface area contributed by atoms with E-state index in [-0.39, 0.29) is 0 Å². The average Bonchev–Trinajstić information content (AvgIpc) is 2.90. The molecule has 184 valence electrons. The molecule has 0 aliphatic carbocycles. The Kier molecular flexibility index (Phi) is 8.06. The van der Waals surface area contributed by atoms with E-state index in [0.29, 0.717) is 16.4 Å². The largest absolute Gasteiger partial charge is 0.488 e. The summed E-state index contributed by atoms with van der Waals surface area (Å²) < 4.78 is 0. The van der Waals surface area contributed by atoms with E-state index in [1.807, 2.05) is 24.3 Å². The molecule has 0 saturated heterocycles. The van der Waals surface area contributed by atoms with Crippen molar-refractivity contribution in [3.05, 3.63) is 119 Å². The second-order valence-corrected chi connectivity index (χ2v) is 9.04. The van der Waals surface area contributed by atoms with E-state index in [1.54, 1.807) is 79.6 Å². The van der Waals surface area contributed by atoms with Crippen molar-refractivity contribution >= 4 is 50.1 Å². The minimum atomic E-state index is -1.63. The highest BCUT2D eigenvalue weighted by Crippen LogP contribution is 2.44. The van der Waals surface area contributed by atoms with Gasteiger partial charge in [0.2, 0.25) is 0 Å². The Morgan fingerprint density at radius 2 is 0.595 bits per heavy atom. The fourth-order valence-electron chi connectivity index (χ4n) is 4.73. The van der Waals surface area contributed by atoms with Crippen molar-refractivity contribution in [2.24, 2.45) is 0 Å². The standard InChI is InChI=1S/C26H26B4O7/c1-27(31)22-10-2-18(3-11-22)26(19-4-12-23(13-5-19)28(32)33,20-6-14-24(15-7-20)29(34)35)21-8-16-25(17-9-21)30(36)37/h2-17,31-37H,1H3. The quantitative estimate of drug-likeness (QED) is 0.110. The maximum atomic E-state index is 10.1. The zero-order chi connectivity index (χ0) is 26.7. The van der Waals surface area contributed by atoms with Crippen LogP contribution < -0.4 is 21.9 Å². The molecule has 4 rings (SSSR count). The minimum absolute atomic E-state index is 0.319. The molecule has 0 heterocycles. The van der Waals surface area contributed by atoms with Crippen LogP contribution in [-0.2, 0) is 5.41 Å². The molecule has 0 amide bonds. The molecule has 0 atom stereocenters. The van der Waals surface area contributed by atoms with Crippen LogP contribution >= 0.6 is 0 Å². The van der Waals surface area contributed by atoms with Crippen LogP contribution in [0, 0.1) is 0 Å². The van der Waals surface area contributed by atoms with Gasteiger partial charge in [0.1, 0.15) is 0 Å². The zero-order valence-electron chi connectivity index (χ0n) is 20.2. The summed E-state index contributed by atoms with van der Waals surface area (Å²) in [6.45, 7) is 1.02. The van der Waals surface area contributed by atoms with Gasteiger partial charge in [-0.3, -0.25) is 0 Å². The summed E-state index contributed by atoms with van der Waals surface area (Å²) in [6, 6.07) is 28.0. The predicted octanol–water partition coefficient (Wildman–Crippen LogP) is -2.07. The van der Waals surface area contributed by atoms with Crippen molar-refractivity contribution in [2.75, 3.05) is 0 Å². The van der Waals surface area contributed by atoms with Gasteiger partial charge in [-0.1, -0.05) is 104 Å². The van der Waals surface area contributed by atoms with Crippen LogP contribution in [0.2, 0.25) is 6.82 Å². The molecular weight excluding hydrogens is 468 g/mol. The first kappa shape index (κ1) is 26.9. The average molecular weight is 494 g/mol. The molecule has 4 aromatic rings. The van der Waals surface area contributed by atoms with E-state index in [2.05, 4.69) is 0 Å². The SMILES string of the molecule is CB(O)c1ccc(C(c2ccc(B(O)O)cc2)(c2ccc(B(O)O)cc2)c2ccc(B(O)O)cc2)cc1. The monoisotopic (exact) mass is 494 g/mol. The van der Waals surface area contributed by atoms with E-state index in [1.165, 1.54) is 0 Å². The molecule has 0 spiro atoms. The maximum Gasteiger partial charge on any atom is 0.488 e. The van der Waals surface area contributed by atoms with Gasteiger partial charge in [0.05, 0.1) is 5.41 Å². The summed E-state index contributed by atoms with van der Waals surface area (Å²) in [5.74, 6) is 0. The lowest BCUT2D eigenvalue weighted by molar-refractivity contribution is 0.424. The molecule has 0 aromatic heterocycles. The van der Waals surface area contributed by atoms with Crippen LogP contribution in [0.1, 0.15) is 22.3 Å². The topological polar surface area (TPSA) is 142 Å². The lowest BCUT2D eigenvalue weighted by Crippen LogP contribution is -2.36. The van der Waals surface area contributed by atoms with Gasteiger partial charge < -0.3 is 35.2 Å². The molecular formula is C26H26B4O7. The van der Waals surface area contributed by atoms with Crippen molar-refractivity contribution in [1.82, 2.24) is 0 Å². The molecule has 0 bridgehead atoms. The van der Waals surface area contributed by atoms with Crippen molar-refractivity contribution in [1.29, 1.82) is 0 Å². The summed E-state index contributed by atoms with van der Waals surface area (Å²) in [7, 11) is -4.90. The van der Waals surface area contributed by atoms with Crippen molar-refractivity contribution < 1.29 is 35.2 Å². The Hall–Kier alpha value is -3.14. The van der Waals surface area contributed by atoms with Crippen LogP contribution in [-0.4, -0.2) is 63.4 Å². The first-order valence-electron chi connectivity index (χ1n) is 11.8. The molecule has 0 unspecified atom stereocenters. The first-order chi connectivity index (χ1) is 17.6.